The van der Waals surface area contributed by atoms with Crippen LogP contribution in [0, 0.1) is 23.1 Å². The molecule has 1 aliphatic heterocycles. The number of halogens is 1. The second-order valence-electron chi connectivity index (χ2n) is 3.71. The van der Waals surface area contributed by atoms with E-state index in [2.05, 4.69) is 0 Å². The fourth-order valence-electron chi connectivity index (χ4n) is 1.76. The molecule has 2 rings (SSSR count). The molecule has 0 aromatic heterocycles. The van der Waals surface area contributed by atoms with E-state index in [0.29, 0.717) is 24.2 Å². The maximum atomic E-state index is 12.9. The fourth-order valence-corrected chi connectivity index (χ4v) is 1.76. The van der Waals surface area contributed by atoms with Crippen LogP contribution in [0.2, 0.25) is 0 Å². The molecule has 0 N–H and O–H groups in total. The highest BCUT2D eigenvalue weighted by atomic mass is 19.1. The number of rotatable bonds is 2. The lowest BCUT2D eigenvalue weighted by atomic mass is 9.91. The average molecular weight is 219 g/mol. The first-order chi connectivity index (χ1) is 7.72. The Kier molecular flexibility index (Phi) is 2.86. The van der Waals surface area contributed by atoms with Gasteiger partial charge in [-0.15, -0.1) is 0 Å². The zero-order valence-corrected chi connectivity index (χ0v) is 8.57. The van der Waals surface area contributed by atoms with E-state index in [9.17, 15) is 9.18 Å². The van der Waals surface area contributed by atoms with E-state index >= 15 is 0 Å². The van der Waals surface area contributed by atoms with Gasteiger partial charge in [0.2, 0.25) is 0 Å². The lowest BCUT2D eigenvalue weighted by Gasteiger charge is -2.23. The first-order valence-electron chi connectivity index (χ1n) is 5.06. The van der Waals surface area contributed by atoms with E-state index in [-0.39, 0.29) is 18.3 Å². The topological polar surface area (TPSA) is 50.1 Å². The van der Waals surface area contributed by atoms with Gasteiger partial charge >= 0.3 is 0 Å². The van der Waals surface area contributed by atoms with Crippen molar-refractivity contribution in [3.05, 3.63) is 29.6 Å². The minimum Gasteiger partial charge on any atom is -0.492 e. The number of carbonyl (C=O) groups excluding carboxylic acids is 1. The third-order valence-electron chi connectivity index (χ3n) is 2.62. The Morgan fingerprint density at radius 2 is 2.38 bits per heavy atom. The molecule has 0 fully saturated rings. The Labute approximate surface area is 92.4 Å². The van der Waals surface area contributed by atoms with Gasteiger partial charge in [0.05, 0.1) is 24.2 Å². The smallest absolute Gasteiger partial charge is 0.173 e. The van der Waals surface area contributed by atoms with Crippen LogP contribution in [-0.2, 0) is 0 Å². The van der Waals surface area contributed by atoms with Crippen molar-refractivity contribution in [2.45, 2.75) is 12.8 Å². The Bertz CT molecular complexity index is 465. The van der Waals surface area contributed by atoms with Gasteiger partial charge in [-0.2, -0.15) is 5.26 Å². The van der Waals surface area contributed by atoms with Gasteiger partial charge in [-0.1, -0.05) is 0 Å². The van der Waals surface area contributed by atoms with E-state index in [4.69, 9.17) is 10.00 Å². The molecule has 1 unspecified atom stereocenters. The zero-order chi connectivity index (χ0) is 11.5. The standard InChI is InChI=1S/C12H10FNO2/c13-9-3-4-10-11(6-9)16-7-8(12(10)15)2-1-5-14/h3-4,6,8H,1-2,7H2. The number of fused-ring (bicyclic) bond motifs is 1. The number of carbonyl (C=O) groups is 1. The number of ether oxygens (including phenoxy) is 1. The maximum absolute atomic E-state index is 12.9. The maximum Gasteiger partial charge on any atom is 0.173 e. The van der Waals surface area contributed by atoms with Crippen LogP contribution < -0.4 is 4.74 Å². The third-order valence-corrected chi connectivity index (χ3v) is 2.62. The highest BCUT2D eigenvalue weighted by molar-refractivity contribution is 6.01. The Morgan fingerprint density at radius 1 is 1.56 bits per heavy atom. The summed E-state index contributed by atoms with van der Waals surface area (Å²) in [6.07, 6.45) is 0.822. The first kappa shape index (κ1) is 10.6. The molecule has 3 nitrogen and oxygen atoms in total. The first-order valence-corrected chi connectivity index (χ1v) is 5.06. The molecule has 1 heterocycles. The van der Waals surface area contributed by atoms with Gasteiger partial charge in [0.1, 0.15) is 11.6 Å². The molecule has 1 atom stereocenters. The zero-order valence-electron chi connectivity index (χ0n) is 8.57. The molecule has 0 radical (unpaired) electrons. The van der Waals surface area contributed by atoms with Crippen molar-refractivity contribution >= 4 is 5.78 Å². The highest BCUT2D eigenvalue weighted by Gasteiger charge is 2.28. The number of Topliss-reactive ketones (excluding diaryl/α,β-unsaturated/α-hetero) is 1. The lowest BCUT2D eigenvalue weighted by Crippen LogP contribution is -2.27. The van der Waals surface area contributed by atoms with Gasteiger partial charge in [0.25, 0.3) is 0 Å². The summed E-state index contributed by atoms with van der Waals surface area (Å²) in [6, 6.07) is 5.90. The summed E-state index contributed by atoms with van der Waals surface area (Å²) in [5.74, 6) is -0.450. The summed E-state index contributed by atoms with van der Waals surface area (Å²) in [7, 11) is 0. The summed E-state index contributed by atoms with van der Waals surface area (Å²) >= 11 is 0. The minimum atomic E-state index is -0.415. The number of hydrogen-bond acceptors (Lipinski definition) is 3. The molecule has 1 aromatic rings. The molecule has 4 heteroatoms. The number of nitriles is 1. The number of nitrogens with zero attached hydrogens (tertiary/aromatic N) is 1. The minimum absolute atomic E-state index is 0.0588. The van der Waals surface area contributed by atoms with Crippen LogP contribution in [0.5, 0.6) is 5.75 Å². The third kappa shape index (κ3) is 1.89. The van der Waals surface area contributed by atoms with Crippen molar-refractivity contribution in [1.82, 2.24) is 0 Å². The summed E-state index contributed by atoms with van der Waals surface area (Å²) in [5.41, 5.74) is 0.413. The second kappa shape index (κ2) is 4.31. The van der Waals surface area contributed by atoms with Crippen molar-refractivity contribution in [2.75, 3.05) is 6.61 Å². The molecule has 1 aromatic carbocycles. The van der Waals surface area contributed by atoms with Crippen LogP contribution in [0.25, 0.3) is 0 Å². The van der Waals surface area contributed by atoms with Crippen LogP contribution in [0.1, 0.15) is 23.2 Å². The molecule has 0 saturated heterocycles. The van der Waals surface area contributed by atoms with Gasteiger partial charge in [-0.3, -0.25) is 4.79 Å². The number of hydrogen-bond donors (Lipinski definition) is 0. The van der Waals surface area contributed by atoms with Crippen molar-refractivity contribution < 1.29 is 13.9 Å². The SMILES string of the molecule is N#CCCC1COc2cc(F)ccc2C1=O. The van der Waals surface area contributed by atoms with Crippen LogP contribution in [0.3, 0.4) is 0 Å². The molecule has 0 saturated carbocycles. The predicted molar refractivity (Wildman–Crippen MR) is 54.6 cm³/mol. The average Bonchev–Trinajstić information content (AvgIpc) is 2.28. The van der Waals surface area contributed by atoms with E-state index in [1.807, 2.05) is 6.07 Å². The molecular weight excluding hydrogens is 209 g/mol. The normalized spacial score (nSPS) is 18.5. The van der Waals surface area contributed by atoms with Crippen LogP contribution in [-0.4, -0.2) is 12.4 Å². The molecule has 0 aliphatic carbocycles. The largest absolute Gasteiger partial charge is 0.492 e. The van der Waals surface area contributed by atoms with Crippen LogP contribution in [0.15, 0.2) is 18.2 Å². The lowest BCUT2D eigenvalue weighted by molar-refractivity contribution is 0.0822. The van der Waals surface area contributed by atoms with Gasteiger partial charge in [-0.05, 0) is 18.6 Å². The molecule has 0 spiro atoms. The predicted octanol–water partition coefficient (Wildman–Crippen LogP) is 2.32. The van der Waals surface area contributed by atoms with Gasteiger partial charge in [0, 0.05) is 12.5 Å². The number of benzene rings is 1. The quantitative estimate of drug-likeness (QED) is 0.766. The summed E-state index contributed by atoms with van der Waals surface area (Å²) in [5, 5.41) is 8.46. The molecule has 1 aliphatic rings. The molecule has 0 bridgehead atoms. The Morgan fingerprint density at radius 3 is 3.12 bits per heavy atom. The van der Waals surface area contributed by atoms with Crippen LogP contribution in [0.4, 0.5) is 4.39 Å². The van der Waals surface area contributed by atoms with Crippen molar-refractivity contribution in [1.29, 1.82) is 5.26 Å². The van der Waals surface area contributed by atoms with E-state index in [0.717, 1.165) is 0 Å². The summed E-state index contributed by atoms with van der Waals surface area (Å²) < 4.78 is 18.2. The van der Waals surface area contributed by atoms with Gasteiger partial charge in [-0.25, -0.2) is 4.39 Å². The van der Waals surface area contributed by atoms with Gasteiger partial charge < -0.3 is 4.74 Å². The van der Waals surface area contributed by atoms with E-state index in [1.165, 1.54) is 18.2 Å². The summed E-state index contributed by atoms with van der Waals surface area (Å²) in [4.78, 5) is 11.9. The number of ketones is 1. The molecule has 16 heavy (non-hydrogen) atoms. The fraction of sp³-hybridized carbons (Fsp3) is 0.333. The molecular formula is C12H10FNO2. The molecule has 82 valence electrons. The van der Waals surface area contributed by atoms with Crippen molar-refractivity contribution in [3.8, 4) is 11.8 Å². The monoisotopic (exact) mass is 219 g/mol. The van der Waals surface area contributed by atoms with Crippen molar-refractivity contribution in [3.63, 3.8) is 0 Å². The Balaban J connectivity index is 2.23. The van der Waals surface area contributed by atoms with Crippen LogP contribution >= 0.6 is 0 Å². The highest BCUT2D eigenvalue weighted by Crippen LogP contribution is 2.29. The van der Waals surface area contributed by atoms with Gasteiger partial charge in [0.15, 0.2) is 5.78 Å². The van der Waals surface area contributed by atoms with E-state index < -0.39 is 5.82 Å². The Hall–Kier alpha value is -1.89. The van der Waals surface area contributed by atoms with E-state index in [1.54, 1.807) is 0 Å². The molecule has 0 amide bonds. The second-order valence-corrected chi connectivity index (χ2v) is 3.71. The van der Waals surface area contributed by atoms with Crippen molar-refractivity contribution in [2.24, 2.45) is 5.92 Å². The summed E-state index contributed by atoms with van der Waals surface area (Å²) in [6.45, 7) is 0.233.